The minimum atomic E-state index is 0.608. The lowest BCUT2D eigenvalue weighted by molar-refractivity contribution is 0.669. The number of rotatable bonds is 5. The third-order valence-corrected chi connectivity index (χ3v) is 10.7. The fourth-order valence-electron chi connectivity index (χ4n) is 8.02. The number of hydrogen-bond donors (Lipinski definition) is 0. The highest BCUT2D eigenvalue weighted by Crippen LogP contribution is 2.38. The van der Waals surface area contributed by atoms with Gasteiger partial charge in [0.1, 0.15) is 11.2 Å². The standard InChI is InChI=1S/C51H31N3O/c1-2-11-32(12-3-1)39-20-10-17-37-29-35(23-26-42(37)39)36-24-27-47-45(30-36)46-31-38(25-28-48(46)55-47)49-52-50(43-21-8-15-33-13-4-6-18-40(33)43)54-51(53-49)44-22-9-16-34-14-5-7-19-41(34)44/h1-31H. The maximum Gasteiger partial charge on any atom is 0.164 e. The van der Waals surface area contributed by atoms with E-state index in [2.05, 4.69) is 176 Å². The van der Waals surface area contributed by atoms with Gasteiger partial charge in [-0.3, -0.25) is 0 Å². The average Bonchev–Trinajstić information content (AvgIpc) is 3.63. The number of nitrogens with zero attached hydrogens (tertiary/aromatic N) is 3. The summed E-state index contributed by atoms with van der Waals surface area (Å²) in [6.07, 6.45) is 0. The van der Waals surface area contributed by atoms with Crippen LogP contribution in [0.2, 0.25) is 0 Å². The van der Waals surface area contributed by atoms with Gasteiger partial charge in [-0.2, -0.15) is 0 Å². The monoisotopic (exact) mass is 701 g/mol. The van der Waals surface area contributed by atoms with Crippen molar-refractivity contribution in [2.45, 2.75) is 0 Å². The van der Waals surface area contributed by atoms with Gasteiger partial charge in [0.05, 0.1) is 0 Å². The first kappa shape index (κ1) is 31.1. The van der Waals surface area contributed by atoms with E-state index in [1.807, 2.05) is 12.1 Å². The summed E-state index contributed by atoms with van der Waals surface area (Å²) in [6.45, 7) is 0. The molecule has 0 atom stereocenters. The lowest BCUT2D eigenvalue weighted by atomic mass is 9.95. The summed E-state index contributed by atoms with van der Waals surface area (Å²) in [7, 11) is 0. The Morgan fingerprint density at radius 2 is 0.745 bits per heavy atom. The molecule has 2 aromatic heterocycles. The van der Waals surface area contributed by atoms with E-state index in [4.69, 9.17) is 19.4 Å². The van der Waals surface area contributed by atoms with Crippen LogP contribution in [0.15, 0.2) is 192 Å². The molecule has 256 valence electrons. The molecule has 0 N–H and O–H groups in total. The zero-order valence-electron chi connectivity index (χ0n) is 29.6. The predicted molar refractivity (Wildman–Crippen MR) is 227 cm³/mol. The van der Waals surface area contributed by atoms with Crippen LogP contribution < -0.4 is 0 Å². The van der Waals surface area contributed by atoms with Crippen molar-refractivity contribution in [3.8, 4) is 56.4 Å². The van der Waals surface area contributed by atoms with Crippen LogP contribution in [0, 0.1) is 0 Å². The molecule has 0 saturated carbocycles. The van der Waals surface area contributed by atoms with Gasteiger partial charge < -0.3 is 4.42 Å². The van der Waals surface area contributed by atoms with Crippen molar-refractivity contribution in [1.82, 2.24) is 15.0 Å². The van der Waals surface area contributed by atoms with Crippen LogP contribution in [0.5, 0.6) is 0 Å². The second kappa shape index (κ2) is 12.6. The van der Waals surface area contributed by atoms with E-state index in [1.54, 1.807) is 0 Å². The molecule has 4 nitrogen and oxygen atoms in total. The maximum absolute atomic E-state index is 6.40. The number of aromatic nitrogens is 3. The number of fused-ring (bicyclic) bond motifs is 6. The fourth-order valence-corrected chi connectivity index (χ4v) is 8.02. The predicted octanol–water partition coefficient (Wildman–Crippen LogP) is 13.6. The molecule has 9 aromatic carbocycles. The van der Waals surface area contributed by atoms with E-state index in [9.17, 15) is 0 Å². The van der Waals surface area contributed by atoms with E-state index in [0.717, 1.165) is 71.3 Å². The summed E-state index contributed by atoms with van der Waals surface area (Å²) < 4.78 is 6.40. The van der Waals surface area contributed by atoms with Gasteiger partial charge in [-0.25, -0.2) is 15.0 Å². The molecule has 0 spiro atoms. The van der Waals surface area contributed by atoms with Crippen molar-refractivity contribution in [1.29, 1.82) is 0 Å². The first-order valence-corrected chi connectivity index (χ1v) is 18.5. The Bertz CT molecular complexity index is 3170. The molecule has 0 fully saturated rings. The van der Waals surface area contributed by atoms with Crippen molar-refractivity contribution in [3.05, 3.63) is 188 Å². The Balaban J connectivity index is 1.06. The maximum atomic E-state index is 6.40. The summed E-state index contributed by atoms with van der Waals surface area (Å²) in [6, 6.07) is 65.9. The molecule has 0 unspecified atom stereocenters. The van der Waals surface area contributed by atoms with E-state index >= 15 is 0 Å². The van der Waals surface area contributed by atoms with Crippen LogP contribution in [0.3, 0.4) is 0 Å². The van der Waals surface area contributed by atoms with E-state index in [1.165, 1.54) is 21.9 Å². The third-order valence-electron chi connectivity index (χ3n) is 10.7. The minimum Gasteiger partial charge on any atom is -0.456 e. The molecule has 0 radical (unpaired) electrons. The number of benzene rings is 9. The molecule has 11 aromatic rings. The molecule has 0 bridgehead atoms. The van der Waals surface area contributed by atoms with Crippen molar-refractivity contribution < 1.29 is 4.42 Å². The van der Waals surface area contributed by atoms with Crippen LogP contribution in [-0.2, 0) is 0 Å². The van der Waals surface area contributed by atoms with Crippen LogP contribution in [0.1, 0.15) is 0 Å². The van der Waals surface area contributed by atoms with Gasteiger partial charge in [-0.15, -0.1) is 0 Å². The Hall–Kier alpha value is -7.43. The summed E-state index contributed by atoms with van der Waals surface area (Å²) in [4.78, 5) is 15.5. The minimum absolute atomic E-state index is 0.608. The molecule has 0 aliphatic rings. The Morgan fingerprint density at radius 3 is 1.42 bits per heavy atom. The van der Waals surface area contributed by atoms with Gasteiger partial charge in [-0.05, 0) is 91.0 Å². The molecule has 0 aliphatic heterocycles. The number of furan rings is 1. The molecule has 55 heavy (non-hydrogen) atoms. The van der Waals surface area contributed by atoms with Gasteiger partial charge >= 0.3 is 0 Å². The molecule has 4 heteroatoms. The summed E-state index contributed by atoms with van der Waals surface area (Å²) >= 11 is 0. The zero-order valence-corrected chi connectivity index (χ0v) is 29.6. The molecule has 0 saturated heterocycles. The molecule has 2 heterocycles. The van der Waals surface area contributed by atoms with Crippen LogP contribution in [0.4, 0.5) is 0 Å². The lowest BCUT2D eigenvalue weighted by Crippen LogP contribution is -2.01. The Kier molecular flexibility index (Phi) is 7.14. The lowest BCUT2D eigenvalue weighted by Gasteiger charge is -2.11. The highest BCUT2D eigenvalue weighted by molar-refractivity contribution is 6.08. The first-order chi connectivity index (χ1) is 27.2. The quantitative estimate of drug-likeness (QED) is 0.179. The van der Waals surface area contributed by atoms with Crippen LogP contribution >= 0.6 is 0 Å². The second-order valence-corrected chi connectivity index (χ2v) is 14.0. The smallest absolute Gasteiger partial charge is 0.164 e. The summed E-state index contributed by atoms with van der Waals surface area (Å²) in [5, 5.41) is 8.97. The SMILES string of the molecule is c1ccc(-c2cccc3cc(-c4ccc5oc6ccc(-c7nc(-c8cccc9ccccc89)nc(-c8cccc9ccccc89)n7)cc6c5c4)ccc23)cc1. The van der Waals surface area contributed by atoms with Crippen molar-refractivity contribution in [3.63, 3.8) is 0 Å². The van der Waals surface area contributed by atoms with Gasteiger partial charge in [0, 0.05) is 27.5 Å². The van der Waals surface area contributed by atoms with E-state index in [-0.39, 0.29) is 0 Å². The van der Waals surface area contributed by atoms with Crippen LogP contribution in [0.25, 0.3) is 111 Å². The zero-order chi connectivity index (χ0) is 36.3. The van der Waals surface area contributed by atoms with Crippen LogP contribution in [-0.4, -0.2) is 15.0 Å². The normalized spacial score (nSPS) is 11.6. The second-order valence-electron chi connectivity index (χ2n) is 14.0. The van der Waals surface area contributed by atoms with E-state index in [0.29, 0.717) is 17.5 Å². The molecule has 0 amide bonds. The van der Waals surface area contributed by atoms with Gasteiger partial charge in [0.25, 0.3) is 0 Å². The topological polar surface area (TPSA) is 51.8 Å². The Morgan fingerprint density at radius 1 is 0.273 bits per heavy atom. The third kappa shape index (κ3) is 5.34. The average molecular weight is 702 g/mol. The highest BCUT2D eigenvalue weighted by atomic mass is 16.3. The van der Waals surface area contributed by atoms with E-state index < -0.39 is 0 Å². The van der Waals surface area contributed by atoms with Gasteiger partial charge in [0.15, 0.2) is 17.5 Å². The van der Waals surface area contributed by atoms with Crippen molar-refractivity contribution in [2.24, 2.45) is 0 Å². The summed E-state index contributed by atoms with van der Waals surface area (Å²) in [5.74, 6) is 1.88. The molecule has 0 aliphatic carbocycles. The van der Waals surface area contributed by atoms with Crippen molar-refractivity contribution >= 4 is 54.3 Å². The van der Waals surface area contributed by atoms with Gasteiger partial charge in [0.2, 0.25) is 0 Å². The molecule has 11 rings (SSSR count). The van der Waals surface area contributed by atoms with Crippen molar-refractivity contribution in [2.75, 3.05) is 0 Å². The fraction of sp³-hybridized carbons (Fsp3) is 0. The first-order valence-electron chi connectivity index (χ1n) is 18.5. The number of hydrogen-bond acceptors (Lipinski definition) is 4. The molecular formula is C51H31N3O. The molecular weight excluding hydrogens is 671 g/mol. The largest absolute Gasteiger partial charge is 0.456 e. The van der Waals surface area contributed by atoms with Gasteiger partial charge in [-0.1, -0.05) is 152 Å². The highest BCUT2D eigenvalue weighted by Gasteiger charge is 2.18. The summed E-state index contributed by atoms with van der Waals surface area (Å²) in [5.41, 5.74) is 9.22. The Labute approximate surface area is 317 Å².